The topological polar surface area (TPSA) is 76.4 Å². The van der Waals surface area contributed by atoms with Crippen molar-refractivity contribution in [3.05, 3.63) is 54.0 Å². The summed E-state index contributed by atoms with van der Waals surface area (Å²) < 4.78 is 31.3. The number of carbonyl (C=O) groups excluding carboxylic acids is 1. The Hall–Kier alpha value is -1.92. The van der Waals surface area contributed by atoms with Crippen LogP contribution < -0.4 is 4.72 Å². The standard InChI is InChI=1S/C13H13NO4S/c1-10(15)12-2-4-13(5-3-12)19(16,17)14-8-11-6-7-18-9-11/h2-7,9,14H,8H2,1H3. The molecular formula is C13H13NO4S. The van der Waals surface area contributed by atoms with Crippen LogP contribution in [0.5, 0.6) is 0 Å². The van der Waals surface area contributed by atoms with Crippen molar-refractivity contribution >= 4 is 15.8 Å². The summed E-state index contributed by atoms with van der Waals surface area (Å²) in [6, 6.07) is 7.49. The molecule has 0 radical (unpaired) electrons. The van der Waals surface area contributed by atoms with Gasteiger partial charge < -0.3 is 4.42 Å². The smallest absolute Gasteiger partial charge is 0.240 e. The Morgan fingerprint density at radius 3 is 2.42 bits per heavy atom. The molecule has 0 fully saturated rings. The van der Waals surface area contributed by atoms with Crippen LogP contribution in [0.1, 0.15) is 22.8 Å². The van der Waals surface area contributed by atoms with Gasteiger partial charge in [0.1, 0.15) is 0 Å². The van der Waals surface area contributed by atoms with Crippen molar-refractivity contribution in [3.8, 4) is 0 Å². The number of hydrogen-bond acceptors (Lipinski definition) is 4. The number of rotatable bonds is 5. The molecule has 1 aromatic carbocycles. The third kappa shape index (κ3) is 3.30. The van der Waals surface area contributed by atoms with Crippen LogP contribution in [-0.4, -0.2) is 14.2 Å². The van der Waals surface area contributed by atoms with Crippen molar-refractivity contribution < 1.29 is 17.6 Å². The minimum absolute atomic E-state index is 0.102. The first-order valence-corrected chi connectivity index (χ1v) is 7.09. The minimum atomic E-state index is -3.58. The molecule has 0 spiro atoms. The van der Waals surface area contributed by atoms with Crippen molar-refractivity contribution in [2.45, 2.75) is 18.4 Å². The van der Waals surface area contributed by atoms with Gasteiger partial charge >= 0.3 is 0 Å². The number of nitrogens with one attached hydrogen (secondary N) is 1. The molecule has 1 aromatic heterocycles. The highest BCUT2D eigenvalue weighted by atomic mass is 32.2. The van der Waals surface area contributed by atoms with Crippen molar-refractivity contribution in [3.63, 3.8) is 0 Å². The highest BCUT2D eigenvalue weighted by molar-refractivity contribution is 7.89. The lowest BCUT2D eigenvalue weighted by Gasteiger charge is -2.06. The van der Waals surface area contributed by atoms with E-state index in [1.165, 1.54) is 43.7 Å². The first kappa shape index (κ1) is 13.5. The van der Waals surface area contributed by atoms with Gasteiger partial charge in [0, 0.05) is 17.7 Å². The van der Waals surface area contributed by atoms with E-state index in [9.17, 15) is 13.2 Å². The molecule has 100 valence electrons. The molecule has 0 unspecified atom stereocenters. The second-order valence-electron chi connectivity index (χ2n) is 4.04. The first-order valence-electron chi connectivity index (χ1n) is 5.61. The summed E-state index contributed by atoms with van der Waals surface area (Å²) >= 11 is 0. The monoisotopic (exact) mass is 279 g/mol. The molecule has 1 heterocycles. The largest absolute Gasteiger partial charge is 0.472 e. The van der Waals surface area contributed by atoms with Crippen LogP contribution in [-0.2, 0) is 16.6 Å². The van der Waals surface area contributed by atoms with Crippen molar-refractivity contribution in [2.24, 2.45) is 0 Å². The SMILES string of the molecule is CC(=O)c1ccc(S(=O)(=O)NCc2ccoc2)cc1. The summed E-state index contributed by atoms with van der Waals surface area (Å²) in [5, 5.41) is 0. The number of Topliss-reactive ketones (excluding diaryl/α,β-unsaturated/α-hetero) is 1. The number of furan rings is 1. The quantitative estimate of drug-likeness (QED) is 0.849. The van der Waals surface area contributed by atoms with E-state index in [0.29, 0.717) is 5.56 Å². The zero-order valence-corrected chi connectivity index (χ0v) is 11.1. The van der Waals surface area contributed by atoms with Gasteiger partial charge in [-0.05, 0) is 25.1 Å². The lowest BCUT2D eigenvalue weighted by Crippen LogP contribution is -2.23. The van der Waals surface area contributed by atoms with E-state index in [-0.39, 0.29) is 17.2 Å². The fourth-order valence-corrected chi connectivity index (χ4v) is 2.54. The molecule has 0 aliphatic heterocycles. The van der Waals surface area contributed by atoms with Crippen LogP contribution in [0.2, 0.25) is 0 Å². The Bertz CT molecular complexity index is 657. The molecule has 5 nitrogen and oxygen atoms in total. The molecule has 2 aromatic rings. The predicted octanol–water partition coefficient (Wildman–Crippen LogP) is 1.96. The van der Waals surface area contributed by atoms with E-state index < -0.39 is 10.0 Å². The van der Waals surface area contributed by atoms with Crippen molar-refractivity contribution in [1.29, 1.82) is 0 Å². The Morgan fingerprint density at radius 1 is 1.21 bits per heavy atom. The van der Waals surface area contributed by atoms with Crippen molar-refractivity contribution in [1.82, 2.24) is 4.72 Å². The molecule has 19 heavy (non-hydrogen) atoms. The molecule has 1 N–H and O–H groups in total. The van der Waals surface area contributed by atoms with Gasteiger partial charge in [-0.2, -0.15) is 0 Å². The summed E-state index contributed by atoms with van der Waals surface area (Å²) in [4.78, 5) is 11.2. The van der Waals surface area contributed by atoms with E-state index in [4.69, 9.17) is 4.42 Å². The Labute approximate surface area is 111 Å². The summed E-state index contributed by atoms with van der Waals surface area (Å²) in [5.41, 5.74) is 1.22. The fourth-order valence-electron chi connectivity index (χ4n) is 1.52. The molecule has 0 aliphatic rings. The lowest BCUT2D eigenvalue weighted by atomic mass is 10.2. The van der Waals surface area contributed by atoms with E-state index in [1.54, 1.807) is 6.07 Å². The number of benzene rings is 1. The highest BCUT2D eigenvalue weighted by Crippen LogP contribution is 2.12. The summed E-state index contributed by atoms with van der Waals surface area (Å²) in [7, 11) is -3.58. The summed E-state index contributed by atoms with van der Waals surface area (Å²) in [6.45, 7) is 1.59. The molecule has 0 atom stereocenters. The first-order chi connectivity index (χ1) is 8.99. The Kier molecular flexibility index (Phi) is 3.82. The second-order valence-corrected chi connectivity index (χ2v) is 5.80. The van der Waals surface area contributed by atoms with Gasteiger partial charge in [-0.25, -0.2) is 13.1 Å². The van der Waals surface area contributed by atoms with Crippen LogP contribution in [0.25, 0.3) is 0 Å². The van der Waals surface area contributed by atoms with E-state index in [1.807, 2.05) is 0 Å². The van der Waals surface area contributed by atoms with E-state index in [0.717, 1.165) is 5.56 Å². The van der Waals surface area contributed by atoms with Crippen LogP contribution in [0.3, 0.4) is 0 Å². The number of ketones is 1. The fraction of sp³-hybridized carbons (Fsp3) is 0.154. The van der Waals surface area contributed by atoms with Crippen LogP contribution in [0.15, 0.2) is 52.2 Å². The molecule has 0 saturated heterocycles. The third-order valence-corrected chi connectivity index (χ3v) is 4.03. The van der Waals surface area contributed by atoms with Gasteiger partial charge in [0.05, 0.1) is 17.4 Å². The zero-order chi connectivity index (χ0) is 13.9. The van der Waals surface area contributed by atoms with Crippen molar-refractivity contribution in [2.75, 3.05) is 0 Å². The minimum Gasteiger partial charge on any atom is -0.472 e. The number of hydrogen-bond donors (Lipinski definition) is 1. The highest BCUT2D eigenvalue weighted by Gasteiger charge is 2.14. The van der Waals surface area contributed by atoms with Gasteiger partial charge in [-0.15, -0.1) is 0 Å². The van der Waals surface area contributed by atoms with Gasteiger partial charge in [0.15, 0.2) is 5.78 Å². The van der Waals surface area contributed by atoms with E-state index >= 15 is 0 Å². The van der Waals surface area contributed by atoms with Gasteiger partial charge in [-0.1, -0.05) is 12.1 Å². The number of sulfonamides is 1. The Balaban J connectivity index is 2.13. The van der Waals surface area contributed by atoms with Gasteiger partial charge in [0.2, 0.25) is 10.0 Å². The zero-order valence-electron chi connectivity index (χ0n) is 10.3. The van der Waals surface area contributed by atoms with Gasteiger partial charge in [-0.3, -0.25) is 4.79 Å². The number of carbonyl (C=O) groups is 1. The maximum atomic E-state index is 12.0. The normalized spacial score (nSPS) is 11.4. The average molecular weight is 279 g/mol. The molecule has 6 heteroatoms. The average Bonchev–Trinajstić information content (AvgIpc) is 2.90. The second kappa shape index (κ2) is 5.38. The maximum Gasteiger partial charge on any atom is 0.240 e. The van der Waals surface area contributed by atoms with Crippen LogP contribution >= 0.6 is 0 Å². The molecule has 0 saturated carbocycles. The Morgan fingerprint density at radius 2 is 1.89 bits per heavy atom. The molecule has 0 amide bonds. The molecule has 0 aliphatic carbocycles. The summed E-state index contributed by atoms with van der Waals surface area (Å²) in [5.74, 6) is -0.102. The van der Waals surface area contributed by atoms with Gasteiger partial charge in [0.25, 0.3) is 0 Å². The van der Waals surface area contributed by atoms with Crippen LogP contribution in [0, 0.1) is 0 Å². The molecule has 2 rings (SSSR count). The predicted molar refractivity (Wildman–Crippen MR) is 69.2 cm³/mol. The van der Waals surface area contributed by atoms with Crippen LogP contribution in [0.4, 0.5) is 0 Å². The van der Waals surface area contributed by atoms with E-state index in [2.05, 4.69) is 4.72 Å². The molecule has 0 bridgehead atoms. The maximum absolute atomic E-state index is 12.0. The molecular weight excluding hydrogens is 266 g/mol. The third-order valence-electron chi connectivity index (χ3n) is 2.62. The lowest BCUT2D eigenvalue weighted by molar-refractivity contribution is 0.101. The summed E-state index contributed by atoms with van der Waals surface area (Å²) in [6.07, 6.45) is 2.95.